The van der Waals surface area contributed by atoms with Gasteiger partial charge in [-0.05, 0) is 48.7 Å². The van der Waals surface area contributed by atoms with Crippen molar-refractivity contribution in [3.63, 3.8) is 0 Å². The average molecular weight is 635 g/mol. The van der Waals surface area contributed by atoms with Gasteiger partial charge in [-0.1, -0.05) is 102 Å². The molecule has 0 aliphatic carbocycles. The van der Waals surface area contributed by atoms with Gasteiger partial charge in [0.15, 0.2) is 0 Å². The van der Waals surface area contributed by atoms with Crippen LogP contribution < -0.4 is 0 Å². The molecular weight excluding hydrogens is 583 g/mol. The Morgan fingerprint density at radius 3 is 1.94 bits per heavy atom. The maximum atomic E-state index is 12.0. The third kappa shape index (κ3) is 7.70. The molecule has 7 heteroatoms. The Kier molecular flexibility index (Phi) is 12.5. The highest BCUT2D eigenvalue weighted by atomic mass is 127. The minimum Gasteiger partial charge on any atom is -0.490 e. The van der Waals surface area contributed by atoms with Crippen LogP contribution in [0.15, 0.2) is 33.1 Å². The van der Waals surface area contributed by atoms with Crippen molar-refractivity contribution < 1.29 is 23.1 Å². The van der Waals surface area contributed by atoms with Gasteiger partial charge in [0.05, 0.1) is 26.4 Å². The largest absolute Gasteiger partial charge is 0.490 e. The molecule has 0 aromatic carbocycles. The summed E-state index contributed by atoms with van der Waals surface area (Å²) < 4.78 is 26.9. The number of halogens is 1. The van der Waals surface area contributed by atoms with E-state index < -0.39 is 14.5 Å². The van der Waals surface area contributed by atoms with E-state index in [1.54, 1.807) is 6.08 Å². The minimum atomic E-state index is -2.74. The Balaban J connectivity index is 3.64. The second-order valence-corrected chi connectivity index (χ2v) is 17.8. The van der Waals surface area contributed by atoms with Gasteiger partial charge in [0.25, 0.3) is 0 Å². The standard InChI is InChI=1S/C29H51IO5Si/c1-14-23-25(21(4)15-19(2)17-24(32-12)27(31)33-13)34-36(28(6,7)8,29(9,10)11)35-26(23)22(5)16-20(3)18-30/h15,17-18,21-23,25-26H,14,16H2,1-13H3/b19-15+,20-18+,24-17+/t21?,22-,23-,25-,26+/m1/s1. The molecule has 1 saturated heterocycles. The van der Waals surface area contributed by atoms with E-state index in [9.17, 15) is 4.79 Å². The summed E-state index contributed by atoms with van der Waals surface area (Å²) >= 11 is 2.34. The lowest BCUT2D eigenvalue weighted by Crippen LogP contribution is -2.67. The Morgan fingerprint density at radius 1 is 1.00 bits per heavy atom. The molecule has 0 amide bonds. The van der Waals surface area contributed by atoms with E-state index in [0.717, 1.165) is 18.4 Å². The highest BCUT2D eigenvalue weighted by Crippen LogP contribution is 2.57. The maximum absolute atomic E-state index is 12.0. The first-order valence-corrected chi connectivity index (χ1v) is 16.2. The molecular formula is C29H51IO5Si. The monoisotopic (exact) mass is 634 g/mol. The summed E-state index contributed by atoms with van der Waals surface area (Å²) in [6.45, 7) is 24.7. The third-order valence-electron chi connectivity index (χ3n) is 7.29. The topological polar surface area (TPSA) is 54.0 Å². The van der Waals surface area contributed by atoms with Crippen LogP contribution >= 0.6 is 22.6 Å². The fraction of sp³-hybridized carbons (Fsp3) is 0.759. The van der Waals surface area contributed by atoms with Crippen molar-refractivity contribution in [2.45, 2.75) is 111 Å². The van der Waals surface area contributed by atoms with Crippen LogP contribution in [0, 0.1) is 17.8 Å². The molecule has 208 valence electrons. The van der Waals surface area contributed by atoms with Crippen LogP contribution in [-0.4, -0.2) is 41.0 Å². The van der Waals surface area contributed by atoms with E-state index in [-0.39, 0.29) is 39.9 Å². The highest BCUT2D eigenvalue weighted by molar-refractivity contribution is 14.1. The lowest BCUT2D eigenvalue weighted by molar-refractivity contribution is -0.139. The zero-order valence-corrected chi connectivity index (χ0v) is 28.1. The third-order valence-corrected chi connectivity index (χ3v) is 13.5. The quantitative estimate of drug-likeness (QED) is 0.0636. The van der Waals surface area contributed by atoms with Crippen LogP contribution in [-0.2, 0) is 23.1 Å². The zero-order chi connectivity index (χ0) is 28.1. The van der Waals surface area contributed by atoms with Gasteiger partial charge < -0.3 is 18.3 Å². The van der Waals surface area contributed by atoms with Gasteiger partial charge in [0.1, 0.15) is 0 Å². The number of carbonyl (C=O) groups excluding carboxylic acids is 1. The second-order valence-electron chi connectivity index (χ2n) is 12.5. The molecule has 1 fully saturated rings. The van der Waals surface area contributed by atoms with Crippen molar-refractivity contribution in [3.8, 4) is 0 Å². The molecule has 0 aromatic rings. The number of allylic oxidation sites excluding steroid dienone is 3. The van der Waals surface area contributed by atoms with Crippen LogP contribution in [0.2, 0.25) is 10.1 Å². The fourth-order valence-corrected chi connectivity index (χ4v) is 11.4. The first-order chi connectivity index (χ1) is 16.5. The summed E-state index contributed by atoms with van der Waals surface area (Å²) in [6, 6.07) is 0. The molecule has 5 atom stereocenters. The Labute approximate surface area is 235 Å². The lowest BCUT2D eigenvalue weighted by Gasteiger charge is -2.59. The highest BCUT2D eigenvalue weighted by Gasteiger charge is 2.64. The second kappa shape index (κ2) is 13.4. The van der Waals surface area contributed by atoms with Gasteiger partial charge in [-0.2, -0.15) is 0 Å². The van der Waals surface area contributed by atoms with Crippen LogP contribution in [0.25, 0.3) is 0 Å². The summed E-state index contributed by atoms with van der Waals surface area (Å²) in [7, 11) is 0.109. The maximum Gasteiger partial charge on any atom is 0.373 e. The molecule has 0 spiro atoms. The van der Waals surface area contributed by atoms with Crippen molar-refractivity contribution in [1.82, 2.24) is 0 Å². The Hall–Kier alpha value is -0.643. The Bertz CT molecular complexity index is 820. The normalized spacial score (nSPS) is 25.8. The van der Waals surface area contributed by atoms with E-state index in [2.05, 4.69) is 102 Å². The smallest absolute Gasteiger partial charge is 0.373 e. The first-order valence-electron chi connectivity index (χ1n) is 13.1. The molecule has 0 N–H and O–H groups in total. The number of hydrogen-bond acceptors (Lipinski definition) is 5. The van der Waals surface area contributed by atoms with Gasteiger partial charge in [0, 0.05) is 16.0 Å². The molecule has 1 rings (SSSR count). The van der Waals surface area contributed by atoms with Crippen molar-refractivity contribution in [1.29, 1.82) is 0 Å². The summed E-state index contributed by atoms with van der Waals surface area (Å²) in [4.78, 5) is 12.0. The summed E-state index contributed by atoms with van der Waals surface area (Å²) in [5, 5.41) is -0.221. The number of hydrogen-bond donors (Lipinski definition) is 0. The van der Waals surface area contributed by atoms with Gasteiger partial charge >= 0.3 is 14.5 Å². The summed E-state index contributed by atoms with van der Waals surface area (Å²) in [5.41, 5.74) is 2.33. The van der Waals surface area contributed by atoms with Crippen LogP contribution in [0.4, 0.5) is 0 Å². The minimum absolute atomic E-state index is 0.0117. The van der Waals surface area contributed by atoms with Crippen LogP contribution in [0.1, 0.15) is 89.0 Å². The molecule has 5 nitrogen and oxygen atoms in total. The molecule has 0 radical (unpaired) electrons. The zero-order valence-electron chi connectivity index (χ0n) is 25.0. The fourth-order valence-electron chi connectivity index (χ4n) is 5.84. The van der Waals surface area contributed by atoms with Crippen molar-refractivity contribution >= 4 is 37.1 Å². The summed E-state index contributed by atoms with van der Waals surface area (Å²) in [5.74, 6) is 0.474. The van der Waals surface area contributed by atoms with E-state index >= 15 is 0 Å². The van der Waals surface area contributed by atoms with E-state index in [1.807, 2.05) is 6.92 Å². The number of carbonyl (C=O) groups is 1. The average Bonchev–Trinajstić information content (AvgIpc) is 2.79. The van der Waals surface area contributed by atoms with Crippen LogP contribution in [0.5, 0.6) is 0 Å². The van der Waals surface area contributed by atoms with Gasteiger partial charge in [0.2, 0.25) is 5.76 Å². The predicted octanol–water partition coefficient (Wildman–Crippen LogP) is 8.49. The molecule has 0 saturated carbocycles. The van der Waals surface area contributed by atoms with Gasteiger partial charge in [-0.3, -0.25) is 0 Å². The predicted molar refractivity (Wildman–Crippen MR) is 160 cm³/mol. The first kappa shape index (κ1) is 33.4. The molecule has 0 bridgehead atoms. The van der Waals surface area contributed by atoms with E-state index in [1.165, 1.54) is 19.8 Å². The molecule has 1 aliphatic heterocycles. The van der Waals surface area contributed by atoms with Gasteiger partial charge in [-0.15, -0.1) is 0 Å². The van der Waals surface area contributed by atoms with Crippen LogP contribution in [0.3, 0.4) is 0 Å². The Morgan fingerprint density at radius 2 is 1.53 bits per heavy atom. The van der Waals surface area contributed by atoms with Crippen molar-refractivity contribution in [3.05, 3.63) is 33.1 Å². The molecule has 1 heterocycles. The number of esters is 1. The van der Waals surface area contributed by atoms with E-state index in [4.69, 9.17) is 18.3 Å². The molecule has 36 heavy (non-hydrogen) atoms. The van der Waals surface area contributed by atoms with Gasteiger partial charge in [-0.25, -0.2) is 4.79 Å². The number of ether oxygens (including phenoxy) is 2. The molecule has 1 unspecified atom stereocenters. The van der Waals surface area contributed by atoms with Crippen molar-refractivity contribution in [2.24, 2.45) is 17.8 Å². The van der Waals surface area contributed by atoms with Crippen molar-refractivity contribution in [2.75, 3.05) is 14.2 Å². The lowest BCUT2D eigenvalue weighted by atomic mass is 9.79. The summed E-state index contributed by atoms with van der Waals surface area (Å²) in [6.07, 6.45) is 6.05. The molecule has 0 aromatic heterocycles. The number of rotatable bonds is 9. The number of methoxy groups -OCH3 is 2. The molecule has 1 aliphatic rings. The SMILES string of the molecule is CC[C@H]1[C@H]([C@H](C)C/C(C)=C/I)O[Si](C(C)(C)C)(C(C)(C)C)O[C@@H]1C(C)/C=C(C)/C=C(/OC)C(=O)OC. The van der Waals surface area contributed by atoms with E-state index in [0.29, 0.717) is 5.92 Å².